The molecule has 1 fully saturated rings. The third-order valence-electron chi connectivity index (χ3n) is 2.36. The standard InChI is InChI=1S/C10H18O6/c1-10(2)15-8(6(12)4-11)9(16-10)7(13)5-14-3/h4,6-9,12-13H,5H2,1-3H3/t6-,7+,8+,9-/m0/s1. The van der Waals surface area contributed by atoms with Crippen LogP contribution in [0.5, 0.6) is 0 Å². The Balaban J connectivity index is 2.75. The van der Waals surface area contributed by atoms with Crippen LogP contribution in [0.25, 0.3) is 0 Å². The monoisotopic (exact) mass is 234 g/mol. The highest BCUT2D eigenvalue weighted by Crippen LogP contribution is 2.31. The van der Waals surface area contributed by atoms with Crippen LogP contribution < -0.4 is 0 Å². The second-order valence-electron chi connectivity index (χ2n) is 4.21. The molecular weight excluding hydrogens is 216 g/mol. The molecule has 94 valence electrons. The van der Waals surface area contributed by atoms with Crippen LogP contribution in [0.4, 0.5) is 0 Å². The number of carbonyl (C=O) groups excluding carboxylic acids is 1. The third kappa shape index (κ3) is 2.99. The first-order chi connectivity index (χ1) is 7.41. The molecule has 0 aromatic rings. The molecule has 0 aromatic heterocycles. The van der Waals surface area contributed by atoms with Crippen LogP contribution in [0.1, 0.15) is 13.8 Å². The van der Waals surface area contributed by atoms with E-state index in [1.165, 1.54) is 7.11 Å². The Hall–Kier alpha value is -0.530. The van der Waals surface area contributed by atoms with E-state index in [-0.39, 0.29) is 6.61 Å². The van der Waals surface area contributed by atoms with E-state index in [1.807, 2.05) is 0 Å². The minimum atomic E-state index is -1.32. The summed E-state index contributed by atoms with van der Waals surface area (Å²) in [5.74, 6) is -0.936. The average molecular weight is 234 g/mol. The zero-order valence-corrected chi connectivity index (χ0v) is 9.62. The molecule has 2 N–H and O–H groups in total. The van der Waals surface area contributed by atoms with E-state index in [4.69, 9.17) is 14.2 Å². The van der Waals surface area contributed by atoms with Gasteiger partial charge in [0.15, 0.2) is 12.1 Å². The first-order valence-electron chi connectivity index (χ1n) is 5.07. The van der Waals surface area contributed by atoms with Gasteiger partial charge in [0.25, 0.3) is 0 Å². The highest BCUT2D eigenvalue weighted by atomic mass is 16.8. The predicted molar refractivity (Wildman–Crippen MR) is 53.8 cm³/mol. The minimum absolute atomic E-state index is 0.0478. The van der Waals surface area contributed by atoms with Gasteiger partial charge in [-0.25, -0.2) is 0 Å². The Morgan fingerprint density at radius 1 is 1.38 bits per heavy atom. The van der Waals surface area contributed by atoms with Gasteiger partial charge in [-0.2, -0.15) is 0 Å². The molecule has 6 heteroatoms. The molecule has 1 aliphatic heterocycles. The van der Waals surface area contributed by atoms with Crippen molar-refractivity contribution in [2.24, 2.45) is 0 Å². The molecule has 16 heavy (non-hydrogen) atoms. The van der Waals surface area contributed by atoms with Crippen LogP contribution in [0.3, 0.4) is 0 Å². The lowest BCUT2D eigenvalue weighted by molar-refractivity contribution is -0.162. The summed E-state index contributed by atoms with van der Waals surface area (Å²) in [6.45, 7) is 3.35. The molecule has 6 nitrogen and oxygen atoms in total. The Kier molecular flexibility index (Phi) is 4.40. The van der Waals surface area contributed by atoms with E-state index in [2.05, 4.69) is 0 Å². The summed E-state index contributed by atoms with van der Waals surface area (Å²) in [4.78, 5) is 10.5. The highest BCUT2D eigenvalue weighted by molar-refractivity contribution is 5.57. The van der Waals surface area contributed by atoms with Crippen molar-refractivity contribution >= 4 is 6.29 Å². The third-order valence-corrected chi connectivity index (χ3v) is 2.36. The van der Waals surface area contributed by atoms with Crippen molar-refractivity contribution in [3.05, 3.63) is 0 Å². The van der Waals surface area contributed by atoms with Gasteiger partial charge in [-0.05, 0) is 13.8 Å². The molecule has 0 saturated carbocycles. The lowest BCUT2D eigenvalue weighted by atomic mass is 10.0. The molecule has 4 atom stereocenters. The van der Waals surface area contributed by atoms with E-state index in [9.17, 15) is 15.0 Å². The number of carbonyl (C=O) groups is 1. The number of hydrogen-bond acceptors (Lipinski definition) is 6. The van der Waals surface area contributed by atoms with Crippen molar-refractivity contribution in [1.29, 1.82) is 0 Å². The van der Waals surface area contributed by atoms with Gasteiger partial charge in [0, 0.05) is 7.11 Å². The van der Waals surface area contributed by atoms with Gasteiger partial charge in [-0.15, -0.1) is 0 Å². The number of ether oxygens (including phenoxy) is 3. The molecule has 0 unspecified atom stereocenters. The first-order valence-corrected chi connectivity index (χ1v) is 5.07. The van der Waals surface area contributed by atoms with Crippen LogP contribution in [-0.2, 0) is 19.0 Å². The van der Waals surface area contributed by atoms with E-state index < -0.39 is 30.2 Å². The van der Waals surface area contributed by atoms with Crippen LogP contribution >= 0.6 is 0 Å². The fraction of sp³-hybridized carbons (Fsp3) is 0.900. The normalized spacial score (nSPS) is 32.3. The van der Waals surface area contributed by atoms with Gasteiger partial charge >= 0.3 is 0 Å². The van der Waals surface area contributed by atoms with Crippen molar-refractivity contribution < 1.29 is 29.2 Å². The smallest absolute Gasteiger partial charge is 0.164 e. The highest BCUT2D eigenvalue weighted by Gasteiger charge is 2.47. The second kappa shape index (κ2) is 5.20. The number of aldehydes is 1. The number of hydrogen-bond donors (Lipinski definition) is 2. The number of methoxy groups -OCH3 is 1. The lowest BCUT2D eigenvalue weighted by Gasteiger charge is -2.22. The molecular formula is C10H18O6. The summed E-state index contributed by atoms with van der Waals surface area (Å²) in [6, 6.07) is 0. The molecule has 1 aliphatic rings. The van der Waals surface area contributed by atoms with Gasteiger partial charge in [0.1, 0.15) is 24.4 Å². The summed E-state index contributed by atoms with van der Waals surface area (Å²) in [6.07, 6.45) is -3.57. The van der Waals surface area contributed by atoms with Crippen LogP contribution in [0.2, 0.25) is 0 Å². The van der Waals surface area contributed by atoms with Crippen molar-refractivity contribution in [2.75, 3.05) is 13.7 Å². The Labute approximate surface area is 94.1 Å². The van der Waals surface area contributed by atoms with Gasteiger partial charge in [0.2, 0.25) is 0 Å². The summed E-state index contributed by atoms with van der Waals surface area (Å²) in [7, 11) is 1.44. The molecule has 0 amide bonds. The van der Waals surface area contributed by atoms with Crippen molar-refractivity contribution in [1.82, 2.24) is 0 Å². The maximum atomic E-state index is 10.5. The average Bonchev–Trinajstić information content (AvgIpc) is 2.54. The Morgan fingerprint density at radius 3 is 2.44 bits per heavy atom. The van der Waals surface area contributed by atoms with E-state index in [0.29, 0.717) is 6.29 Å². The summed E-state index contributed by atoms with van der Waals surface area (Å²) in [5.41, 5.74) is 0. The maximum Gasteiger partial charge on any atom is 0.164 e. The van der Waals surface area contributed by atoms with Crippen LogP contribution in [-0.4, -0.2) is 60.4 Å². The zero-order chi connectivity index (χ0) is 12.3. The van der Waals surface area contributed by atoms with Gasteiger partial charge in [-0.1, -0.05) is 0 Å². The fourth-order valence-corrected chi connectivity index (χ4v) is 1.72. The number of aliphatic hydroxyl groups excluding tert-OH is 2. The van der Waals surface area contributed by atoms with Gasteiger partial charge in [0.05, 0.1) is 6.61 Å². The predicted octanol–water partition coefficient (Wildman–Crippen LogP) is -0.926. The lowest BCUT2D eigenvalue weighted by Crippen LogP contribution is -2.44. The summed E-state index contributed by atoms with van der Waals surface area (Å²) in [5, 5.41) is 19.2. The maximum absolute atomic E-state index is 10.5. The number of aliphatic hydroxyl groups is 2. The minimum Gasteiger partial charge on any atom is -0.388 e. The SMILES string of the molecule is COC[C@@H](O)[C@@H]1OC(C)(C)O[C@@H]1[C@@H](O)C=O. The molecule has 0 radical (unpaired) electrons. The molecule has 0 aliphatic carbocycles. The second-order valence-corrected chi connectivity index (χ2v) is 4.21. The fourth-order valence-electron chi connectivity index (χ4n) is 1.72. The molecule has 1 rings (SSSR count). The number of rotatable bonds is 5. The van der Waals surface area contributed by atoms with E-state index >= 15 is 0 Å². The van der Waals surface area contributed by atoms with Crippen LogP contribution in [0.15, 0.2) is 0 Å². The summed E-state index contributed by atoms with van der Waals surface area (Å²) < 4.78 is 15.6. The van der Waals surface area contributed by atoms with Crippen molar-refractivity contribution in [3.8, 4) is 0 Å². The topological polar surface area (TPSA) is 85.2 Å². The Morgan fingerprint density at radius 2 is 1.94 bits per heavy atom. The Bertz CT molecular complexity index is 241. The molecule has 1 saturated heterocycles. The van der Waals surface area contributed by atoms with Crippen molar-refractivity contribution in [3.63, 3.8) is 0 Å². The summed E-state index contributed by atoms with van der Waals surface area (Å²) >= 11 is 0. The molecule has 1 heterocycles. The largest absolute Gasteiger partial charge is 0.388 e. The van der Waals surface area contributed by atoms with E-state index in [1.54, 1.807) is 13.8 Å². The first kappa shape index (κ1) is 13.5. The molecule has 0 aromatic carbocycles. The molecule has 0 spiro atoms. The van der Waals surface area contributed by atoms with E-state index in [0.717, 1.165) is 0 Å². The van der Waals surface area contributed by atoms with Crippen molar-refractivity contribution in [2.45, 2.75) is 44.1 Å². The quantitative estimate of drug-likeness (QED) is 0.598. The van der Waals surface area contributed by atoms with Gasteiger partial charge < -0.3 is 29.2 Å². The molecule has 0 bridgehead atoms. The van der Waals surface area contributed by atoms with Gasteiger partial charge in [-0.3, -0.25) is 0 Å². The zero-order valence-electron chi connectivity index (χ0n) is 9.62. The van der Waals surface area contributed by atoms with Crippen LogP contribution in [0, 0.1) is 0 Å².